The average molecular weight is 704 g/mol. The van der Waals surface area contributed by atoms with Crippen molar-refractivity contribution in [3.8, 4) is 33.9 Å². The van der Waals surface area contributed by atoms with Crippen LogP contribution < -0.4 is 0 Å². The maximum atomic E-state index is 5.12. The summed E-state index contributed by atoms with van der Waals surface area (Å²) in [6.07, 6.45) is 1.95. The third-order valence-electron chi connectivity index (χ3n) is 12.6. The SMILES string of the molecule is CC1(C)c2ccccc2-c2c1c1c(c3cc4c(cc23)Cc2ccccc2C4)c2ccccc2n1-c1ccc(-n2c(-c3ccccc3)nc3ccccc32)cc1. The van der Waals surface area contributed by atoms with Crippen LogP contribution in [0.3, 0.4) is 0 Å². The van der Waals surface area contributed by atoms with Gasteiger partial charge in [-0.2, -0.15) is 0 Å². The summed E-state index contributed by atoms with van der Waals surface area (Å²) in [5.74, 6) is 0.946. The standard InChI is InChI=1S/C52H37N3/c1-52(2)43-20-10-8-18-39(43)47-41-30-35-28-33-16-6-7-17-34(33)29-36(35)31-42(41)48-40-19-9-12-22-45(40)54(50(48)49(47)52)37-24-26-38(27-25-37)55-46-23-13-11-21-44(46)53-51(55)32-14-4-3-5-15-32/h3-27,30-31H,28-29H2,1-2H3. The van der Waals surface area contributed by atoms with E-state index < -0.39 is 0 Å². The van der Waals surface area contributed by atoms with Gasteiger partial charge in [0.1, 0.15) is 5.82 Å². The summed E-state index contributed by atoms with van der Waals surface area (Å²) < 4.78 is 4.85. The van der Waals surface area contributed by atoms with E-state index in [1.165, 1.54) is 77.1 Å². The fourth-order valence-corrected chi connectivity index (χ4v) is 10.1. The topological polar surface area (TPSA) is 22.8 Å². The van der Waals surface area contributed by atoms with Crippen molar-refractivity contribution in [2.24, 2.45) is 0 Å². The molecule has 10 aromatic rings. The number of benzene rings is 8. The molecule has 8 aromatic carbocycles. The van der Waals surface area contributed by atoms with Gasteiger partial charge >= 0.3 is 0 Å². The monoisotopic (exact) mass is 703 g/mol. The summed E-state index contributed by atoms with van der Waals surface area (Å²) in [7, 11) is 0. The van der Waals surface area contributed by atoms with Gasteiger partial charge in [0, 0.05) is 33.1 Å². The molecule has 12 rings (SSSR count). The highest BCUT2D eigenvalue weighted by atomic mass is 15.1. The number of aromatic nitrogens is 3. The van der Waals surface area contributed by atoms with Gasteiger partial charge in [0.2, 0.25) is 0 Å². The van der Waals surface area contributed by atoms with E-state index in [1.807, 2.05) is 0 Å². The van der Waals surface area contributed by atoms with Gasteiger partial charge in [0.05, 0.1) is 22.1 Å². The Bertz CT molecular complexity index is 3210. The third-order valence-corrected chi connectivity index (χ3v) is 12.6. The average Bonchev–Trinajstić information content (AvgIpc) is 3.86. The fourth-order valence-electron chi connectivity index (χ4n) is 10.1. The highest BCUT2D eigenvalue weighted by molar-refractivity contribution is 6.27. The van der Waals surface area contributed by atoms with E-state index in [0.717, 1.165) is 46.6 Å². The Morgan fingerprint density at radius 1 is 0.509 bits per heavy atom. The maximum absolute atomic E-state index is 5.12. The van der Waals surface area contributed by atoms with Crippen LogP contribution in [0.15, 0.2) is 164 Å². The Morgan fingerprint density at radius 2 is 1.11 bits per heavy atom. The second kappa shape index (κ2) is 11.2. The quantitative estimate of drug-likeness (QED) is 0.180. The first-order chi connectivity index (χ1) is 27.0. The van der Waals surface area contributed by atoms with Crippen LogP contribution in [-0.2, 0) is 18.3 Å². The second-order valence-corrected chi connectivity index (χ2v) is 15.9. The lowest BCUT2D eigenvalue weighted by Gasteiger charge is -2.25. The number of fused-ring (bicyclic) bond motifs is 13. The zero-order chi connectivity index (χ0) is 36.4. The normalized spacial score (nSPS) is 14.0. The maximum Gasteiger partial charge on any atom is 0.145 e. The lowest BCUT2D eigenvalue weighted by atomic mass is 9.79. The molecule has 55 heavy (non-hydrogen) atoms. The number of rotatable bonds is 3. The van der Waals surface area contributed by atoms with Crippen molar-refractivity contribution >= 4 is 43.6 Å². The fraction of sp³-hybridized carbons (Fsp3) is 0.0962. The van der Waals surface area contributed by atoms with Gasteiger partial charge in [-0.25, -0.2) is 4.98 Å². The summed E-state index contributed by atoms with van der Waals surface area (Å²) in [4.78, 5) is 5.12. The summed E-state index contributed by atoms with van der Waals surface area (Å²) >= 11 is 0. The summed E-state index contributed by atoms with van der Waals surface area (Å²) in [6, 6.07) is 60.4. The Morgan fingerprint density at radius 3 is 1.87 bits per heavy atom. The molecular formula is C52H37N3. The van der Waals surface area contributed by atoms with Crippen molar-refractivity contribution in [2.45, 2.75) is 32.1 Å². The van der Waals surface area contributed by atoms with Gasteiger partial charge in [-0.1, -0.05) is 123 Å². The highest BCUT2D eigenvalue weighted by Gasteiger charge is 2.40. The van der Waals surface area contributed by atoms with Crippen molar-refractivity contribution < 1.29 is 0 Å². The molecule has 3 nitrogen and oxygen atoms in total. The van der Waals surface area contributed by atoms with Crippen LogP contribution >= 0.6 is 0 Å². The minimum atomic E-state index is -0.201. The van der Waals surface area contributed by atoms with Crippen LogP contribution in [0.5, 0.6) is 0 Å². The third kappa shape index (κ3) is 4.24. The molecule has 0 radical (unpaired) electrons. The second-order valence-electron chi connectivity index (χ2n) is 15.9. The molecule has 0 saturated heterocycles. The van der Waals surface area contributed by atoms with Crippen molar-refractivity contribution in [3.05, 3.63) is 197 Å². The predicted molar refractivity (Wildman–Crippen MR) is 228 cm³/mol. The Kier molecular flexibility index (Phi) is 6.23. The summed E-state index contributed by atoms with van der Waals surface area (Å²) in [5, 5.41) is 5.37. The minimum absolute atomic E-state index is 0.201. The van der Waals surface area contributed by atoms with Gasteiger partial charge in [0.15, 0.2) is 0 Å². The summed E-state index contributed by atoms with van der Waals surface area (Å²) in [5.41, 5.74) is 19.1. The summed E-state index contributed by atoms with van der Waals surface area (Å²) in [6.45, 7) is 4.86. The predicted octanol–water partition coefficient (Wildman–Crippen LogP) is 12.7. The molecule has 2 heterocycles. The van der Waals surface area contributed by atoms with E-state index in [4.69, 9.17) is 4.98 Å². The van der Waals surface area contributed by atoms with Gasteiger partial charge in [-0.05, 0) is 123 Å². The van der Waals surface area contributed by atoms with Crippen LogP contribution in [0.2, 0.25) is 0 Å². The lowest BCUT2D eigenvalue weighted by Crippen LogP contribution is -2.16. The van der Waals surface area contributed by atoms with E-state index in [1.54, 1.807) is 0 Å². The first kappa shape index (κ1) is 30.7. The molecule has 3 heteroatoms. The van der Waals surface area contributed by atoms with Crippen LogP contribution in [-0.4, -0.2) is 14.1 Å². The molecule has 0 amide bonds. The van der Waals surface area contributed by atoms with E-state index >= 15 is 0 Å². The molecule has 2 aromatic heterocycles. The Hall–Kier alpha value is -6.71. The molecule has 0 atom stereocenters. The van der Waals surface area contributed by atoms with E-state index in [0.29, 0.717) is 0 Å². The van der Waals surface area contributed by atoms with Gasteiger partial charge in [-0.3, -0.25) is 4.57 Å². The largest absolute Gasteiger partial charge is 0.309 e. The number of imidazole rings is 1. The molecule has 0 spiro atoms. The van der Waals surface area contributed by atoms with E-state index in [-0.39, 0.29) is 5.41 Å². The lowest BCUT2D eigenvalue weighted by molar-refractivity contribution is 0.664. The molecule has 0 unspecified atom stereocenters. The van der Waals surface area contributed by atoms with E-state index in [2.05, 4.69) is 187 Å². The molecular weight excluding hydrogens is 667 g/mol. The zero-order valence-corrected chi connectivity index (χ0v) is 30.8. The zero-order valence-electron chi connectivity index (χ0n) is 30.8. The first-order valence-electron chi connectivity index (χ1n) is 19.4. The molecule has 0 bridgehead atoms. The number of hydrogen-bond donors (Lipinski definition) is 0. The van der Waals surface area contributed by atoms with Crippen molar-refractivity contribution in [2.75, 3.05) is 0 Å². The van der Waals surface area contributed by atoms with E-state index in [9.17, 15) is 0 Å². The van der Waals surface area contributed by atoms with Gasteiger partial charge in [0.25, 0.3) is 0 Å². The number of nitrogens with zero attached hydrogens (tertiary/aromatic N) is 3. The van der Waals surface area contributed by atoms with Crippen LogP contribution in [0.1, 0.15) is 47.2 Å². The molecule has 0 N–H and O–H groups in total. The molecule has 0 fully saturated rings. The molecule has 0 saturated carbocycles. The first-order valence-corrected chi connectivity index (χ1v) is 19.4. The Labute approximate surface area is 319 Å². The number of para-hydroxylation sites is 3. The highest BCUT2D eigenvalue weighted by Crippen LogP contribution is 2.56. The van der Waals surface area contributed by atoms with Crippen molar-refractivity contribution in [1.82, 2.24) is 14.1 Å². The van der Waals surface area contributed by atoms with Crippen molar-refractivity contribution in [1.29, 1.82) is 0 Å². The molecule has 2 aliphatic rings. The van der Waals surface area contributed by atoms with Crippen LogP contribution in [0.4, 0.5) is 0 Å². The van der Waals surface area contributed by atoms with Crippen LogP contribution in [0, 0.1) is 0 Å². The van der Waals surface area contributed by atoms with Gasteiger partial charge < -0.3 is 4.57 Å². The number of hydrogen-bond acceptors (Lipinski definition) is 1. The molecule has 2 aliphatic carbocycles. The smallest absolute Gasteiger partial charge is 0.145 e. The van der Waals surface area contributed by atoms with Gasteiger partial charge in [-0.15, -0.1) is 0 Å². The van der Waals surface area contributed by atoms with Crippen LogP contribution in [0.25, 0.3) is 77.5 Å². The minimum Gasteiger partial charge on any atom is -0.309 e. The van der Waals surface area contributed by atoms with Crippen molar-refractivity contribution in [3.63, 3.8) is 0 Å². The molecule has 260 valence electrons. The Balaban J connectivity index is 1.15. The molecule has 0 aliphatic heterocycles.